The Kier molecular flexibility index (Phi) is 5.96. The second-order valence-electron chi connectivity index (χ2n) is 7.47. The van der Waals surface area contributed by atoms with Crippen molar-refractivity contribution in [2.24, 2.45) is 0 Å². The number of hydrogen-bond donors (Lipinski definition) is 1. The van der Waals surface area contributed by atoms with Crippen molar-refractivity contribution >= 4 is 5.69 Å². The number of hydrogen-bond acceptors (Lipinski definition) is 3. The maximum atomic E-state index is 5.71. The highest BCUT2D eigenvalue weighted by molar-refractivity contribution is 5.64. The monoisotopic (exact) mass is 318 g/mol. The van der Waals surface area contributed by atoms with Crippen LogP contribution in [0.3, 0.4) is 0 Å². The Balaban J connectivity index is 2.42. The first-order valence-electron chi connectivity index (χ1n) is 9.13. The SMILES string of the molecule is CCCNCc1cc2c(cc1OC)N(CCC)C(C)(C)C[C@@H]2C. The number of fused-ring (bicyclic) bond motifs is 1. The lowest BCUT2D eigenvalue weighted by Crippen LogP contribution is -2.48. The third kappa shape index (κ3) is 3.82. The Hall–Kier alpha value is -1.22. The zero-order valence-electron chi connectivity index (χ0n) is 15.8. The van der Waals surface area contributed by atoms with Crippen molar-refractivity contribution in [1.29, 1.82) is 0 Å². The molecule has 0 saturated carbocycles. The van der Waals surface area contributed by atoms with Gasteiger partial charge in [0.1, 0.15) is 5.75 Å². The summed E-state index contributed by atoms with van der Waals surface area (Å²) in [5.41, 5.74) is 4.33. The molecule has 1 heterocycles. The number of benzene rings is 1. The van der Waals surface area contributed by atoms with Gasteiger partial charge in [0.15, 0.2) is 0 Å². The predicted molar refractivity (Wildman–Crippen MR) is 99.7 cm³/mol. The van der Waals surface area contributed by atoms with E-state index < -0.39 is 0 Å². The van der Waals surface area contributed by atoms with Gasteiger partial charge >= 0.3 is 0 Å². The molecule has 2 rings (SSSR count). The molecule has 0 saturated heterocycles. The van der Waals surface area contributed by atoms with E-state index in [1.54, 1.807) is 7.11 Å². The van der Waals surface area contributed by atoms with Gasteiger partial charge in [0.05, 0.1) is 7.11 Å². The third-order valence-corrected chi connectivity index (χ3v) is 4.98. The summed E-state index contributed by atoms with van der Waals surface area (Å²) in [4.78, 5) is 2.58. The molecule has 0 radical (unpaired) electrons. The van der Waals surface area contributed by atoms with Crippen LogP contribution in [-0.4, -0.2) is 25.7 Å². The lowest BCUT2D eigenvalue weighted by molar-refractivity contribution is 0.371. The average Bonchev–Trinajstić information content (AvgIpc) is 2.51. The third-order valence-electron chi connectivity index (χ3n) is 4.98. The Labute approximate surface area is 142 Å². The van der Waals surface area contributed by atoms with Crippen LogP contribution in [0.25, 0.3) is 0 Å². The van der Waals surface area contributed by atoms with Crippen LogP contribution in [0.2, 0.25) is 0 Å². The molecular formula is C20H34N2O. The van der Waals surface area contributed by atoms with Crippen molar-refractivity contribution < 1.29 is 4.74 Å². The number of rotatable bonds is 7. The van der Waals surface area contributed by atoms with Crippen LogP contribution in [0.4, 0.5) is 5.69 Å². The fraction of sp³-hybridized carbons (Fsp3) is 0.700. The average molecular weight is 319 g/mol. The fourth-order valence-electron chi connectivity index (χ4n) is 3.93. The summed E-state index contributed by atoms with van der Waals surface area (Å²) in [6.45, 7) is 14.6. The number of nitrogens with one attached hydrogen (secondary N) is 1. The van der Waals surface area contributed by atoms with E-state index >= 15 is 0 Å². The summed E-state index contributed by atoms with van der Waals surface area (Å²) in [5.74, 6) is 1.60. The molecule has 0 unspecified atom stereocenters. The van der Waals surface area contributed by atoms with Gasteiger partial charge in [-0.15, -0.1) is 0 Å². The molecule has 0 aromatic heterocycles. The second-order valence-corrected chi connectivity index (χ2v) is 7.47. The lowest BCUT2D eigenvalue weighted by Gasteiger charge is -2.48. The van der Waals surface area contributed by atoms with E-state index in [2.05, 4.69) is 57.0 Å². The number of anilines is 1. The van der Waals surface area contributed by atoms with Crippen molar-refractivity contribution in [1.82, 2.24) is 5.32 Å². The maximum Gasteiger partial charge on any atom is 0.125 e. The molecular weight excluding hydrogens is 284 g/mol. The molecule has 1 N–H and O–H groups in total. The zero-order chi connectivity index (χ0) is 17.0. The lowest BCUT2D eigenvalue weighted by atomic mass is 9.79. The normalized spacial score (nSPS) is 19.6. The highest BCUT2D eigenvalue weighted by Gasteiger charge is 2.36. The van der Waals surface area contributed by atoms with Crippen molar-refractivity contribution in [2.45, 2.75) is 71.9 Å². The minimum atomic E-state index is 0.204. The van der Waals surface area contributed by atoms with Gasteiger partial charge in [-0.25, -0.2) is 0 Å². The van der Waals surface area contributed by atoms with E-state index in [0.29, 0.717) is 5.92 Å². The van der Waals surface area contributed by atoms with Crippen molar-refractivity contribution in [3.05, 3.63) is 23.3 Å². The smallest absolute Gasteiger partial charge is 0.125 e. The quantitative estimate of drug-likeness (QED) is 0.738. The molecule has 0 spiro atoms. The van der Waals surface area contributed by atoms with Gasteiger partial charge in [-0.1, -0.05) is 20.8 Å². The van der Waals surface area contributed by atoms with Gasteiger partial charge in [-0.2, -0.15) is 0 Å². The van der Waals surface area contributed by atoms with Crippen LogP contribution in [0, 0.1) is 0 Å². The van der Waals surface area contributed by atoms with Crippen LogP contribution >= 0.6 is 0 Å². The van der Waals surface area contributed by atoms with Gasteiger partial charge in [-0.05, 0) is 57.2 Å². The number of ether oxygens (including phenoxy) is 1. The maximum absolute atomic E-state index is 5.71. The zero-order valence-corrected chi connectivity index (χ0v) is 15.8. The van der Waals surface area contributed by atoms with E-state index in [1.165, 1.54) is 29.7 Å². The molecule has 1 atom stereocenters. The minimum absolute atomic E-state index is 0.204. The summed E-state index contributed by atoms with van der Waals surface area (Å²) in [6, 6.07) is 4.64. The topological polar surface area (TPSA) is 24.5 Å². The largest absolute Gasteiger partial charge is 0.496 e. The summed E-state index contributed by atoms with van der Waals surface area (Å²) in [5, 5.41) is 3.51. The molecule has 0 fully saturated rings. The van der Waals surface area contributed by atoms with Gasteiger partial charge in [0.2, 0.25) is 0 Å². The minimum Gasteiger partial charge on any atom is -0.496 e. The van der Waals surface area contributed by atoms with Crippen LogP contribution in [0.5, 0.6) is 5.75 Å². The molecule has 0 bridgehead atoms. The van der Waals surface area contributed by atoms with Gasteiger partial charge in [0, 0.05) is 35.9 Å². The van der Waals surface area contributed by atoms with Gasteiger partial charge < -0.3 is 15.0 Å². The van der Waals surface area contributed by atoms with E-state index in [4.69, 9.17) is 4.74 Å². The van der Waals surface area contributed by atoms with E-state index in [9.17, 15) is 0 Å². The summed E-state index contributed by atoms with van der Waals surface area (Å²) in [7, 11) is 1.78. The molecule has 0 amide bonds. The van der Waals surface area contributed by atoms with Gasteiger partial charge in [0.25, 0.3) is 0 Å². The molecule has 1 aromatic carbocycles. The summed E-state index contributed by atoms with van der Waals surface area (Å²) in [6.07, 6.45) is 3.52. The Morgan fingerprint density at radius 3 is 2.61 bits per heavy atom. The molecule has 1 aliphatic heterocycles. The van der Waals surface area contributed by atoms with Crippen LogP contribution in [0.15, 0.2) is 12.1 Å². The molecule has 3 heteroatoms. The van der Waals surface area contributed by atoms with E-state index in [0.717, 1.165) is 31.8 Å². The molecule has 1 aliphatic rings. The molecule has 1 aromatic rings. The number of nitrogens with zero attached hydrogens (tertiary/aromatic N) is 1. The Morgan fingerprint density at radius 1 is 1.26 bits per heavy atom. The molecule has 130 valence electrons. The van der Waals surface area contributed by atoms with Crippen LogP contribution in [0.1, 0.15) is 70.9 Å². The molecule has 3 nitrogen and oxygen atoms in total. The van der Waals surface area contributed by atoms with E-state index in [1.807, 2.05) is 0 Å². The van der Waals surface area contributed by atoms with Crippen molar-refractivity contribution in [3.8, 4) is 5.75 Å². The van der Waals surface area contributed by atoms with Crippen molar-refractivity contribution in [2.75, 3.05) is 25.1 Å². The number of methoxy groups -OCH3 is 1. The fourth-order valence-corrected chi connectivity index (χ4v) is 3.93. The first-order valence-corrected chi connectivity index (χ1v) is 9.13. The predicted octanol–water partition coefficient (Wildman–Crippen LogP) is 4.70. The summed E-state index contributed by atoms with van der Waals surface area (Å²) >= 11 is 0. The van der Waals surface area contributed by atoms with Crippen molar-refractivity contribution in [3.63, 3.8) is 0 Å². The standard InChI is InChI=1S/C20H34N2O/c1-7-9-21-14-16-11-17-15(3)13-20(4,5)22(10-8-2)18(17)12-19(16)23-6/h11-12,15,21H,7-10,13-14H2,1-6H3/t15-/m0/s1. The second kappa shape index (κ2) is 7.57. The van der Waals surface area contributed by atoms with Crippen LogP contribution in [-0.2, 0) is 6.54 Å². The van der Waals surface area contributed by atoms with E-state index in [-0.39, 0.29) is 5.54 Å². The first-order chi connectivity index (χ1) is 10.9. The van der Waals surface area contributed by atoms with Gasteiger partial charge in [-0.3, -0.25) is 0 Å². The summed E-state index contributed by atoms with van der Waals surface area (Å²) < 4.78 is 5.71. The molecule has 23 heavy (non-hydrogen) atoms. The first kappa shape index (κ1) is 18.1. The highest BCUT2D eigenvalue weighted by atomic mass is 16.5. The molecule has 0 aliphatic carbocycles. The van der Waals surface area contributed by atoms with Crippen LogP contribution < -0.4 is 15.0 Å². The Morgan fingerprint density at radius 2 is 2.00 bits per heavy atom. The Bertz CT molecular complexity index is 525. The highest BCUT2D eigenvalue weighted by Crippen LogP contribution is 2.45.